The number of H-pyrrole nitrogens is 1. The van der Waals surface area contributed by atoms with Gasteiger partial charge in [-0.3, -0.25) is 14.3 Å². The molecule has 1 aliphatic carbocycles. The summed E-state index contributed by atoms with van der Waals surface area (Å²) < 4.78 is 18.7. The number of esters is 1. The van der Waals surface area contributed by atoms with Gasteiger partial charge in [0.05, 0.1) is 12.2 Å². The van der Waals surface area contributed by atoms with Gasteiger partial charge in [-0.1, -0.05) is 6.42 Å². The van der Waals surface area contributed by atoms with E-state index in [0.29, 0.717) is 25.7 Å². The molecule has 2 heterocycles. The van der Waals surface area contributed by atoms with Gasteiger partial charge in [0, 0.05) is 12.3 Å². The Morgan fingerprint density at radius 2 is 2.04 bits per heavy atom. The van der Waals surface area contributed by atoms with E-state index in [1.165, 1.54) is 16.8 Å². The zero-order chi connectivity index (χ0) is 19.4. The molecule has 2 aliphatic rings. The van der Waals surface area contributed by atoms with Crippen LogP contribution in [0.5, 0.6) is 0 Å². The summed E-state index contributed by atoms with van der Waals surface area (Å²) in [5.41, 5.74) is -1.79. The Bertz CT molecular complexity index is 762. The third kappa shape index (κ3) is 4.68. The predicted molar refractivity (Wildman–Crippen MR) is 97.5 cm³/mol. The lowest BCUT2D eigenvalue weighted by Gasteiger charge is -2.36. The molecule has 2 fully saturated rings. The van der Waals surface area contributed by atoms with Gasteiger partial charge in [-0.05, 0) is 52.4 Å². The molecule has 150 valence electrons. The fraction of sp³-hybridized carbons (Fsp3) is 0.737. The summed E-state index contributed by atoms with van der Waals surface area (Å²) in [6.07, 6.45) is 6.31. The van der Waals surface area contributed by atoms with Crippen molar-refractivity contribution in [1.82, 2.24) is 9.55 Å². The molecule has 1 aromatic rings. The van der Waals surface area contributed by atoms with Gasteiger partial charge in [-0.2, -0.15) is 0 Å². The van der Waals surface area contributed by atoms with Gasteiger partial charge >= 0.3 is 11.7 Å². The van der Waals surface area contributed by atoms with Crippen LogP contribution in [-0.4, -0.2) is 39.9 Å². The van der Waals surface area contributed by atoms with Crippen molar-refractivity contribution in [2.75, 3.05) is 6.61 Å². The van der Waals surface area contributed by atoms with Crippen molar-refractivity contribution in [3.8, 4) is 0 Å². The maximum Gasteiger partial charge on any atom is 0.338 e. The van der Waals surface area contributed by atoms with E-state index in [4.69, 9.17) is 14.2 Å². The van der Waals surface area contributed by atoms with E-state index >= 15 is 0 Å². The largest absolute Gasteiger partial charge is 0.461 e. The maximum absolute atomic E-state index is 12.8. The van der Waals surface area contributed by atoms with Crippen LogP contribution in [0.25, 0.3) is 0 Å². The number of carbonyl (C=O) groups is 1. The third-order valence-corrected chi connectivity index (χ3v) is 5.14. The second-order valence-electron chi connectivity index (χ2n) is 7.63. The van der Waals surface area contributed by atoms with Crippen molar-refractivity contribution in [3.63, 3.8) is 0 Å². The molecule has 0 radical (unpaired) electrons. The minimum atomic E-state index is -0.847. The molecule has 1 N–H and O–H groups in total. The smallest absolute Gasteiger partial charge is 0.338 e. The second-order valence-corrected chi connectivity index (χ2v) is 7.63. The van der Waals surface area contributed by atoms with Crippen molar-refractivity contribution in [3.05, 3.63) is 33.1 Å². The molecule has 0 aromatic carbocycles. The van der Waals surface area contributed by atoms with Crippen molar-refractivity contribution < 1.29 is 19.0 Å². The average Bonchev–Trinajstić information content (AvgIpc) is 3.08. The lowest BCUT2D eigenvalue weighted by atomic mass is 9.84. The number of ether oxygens (including phenoxy) is 3. The summed E-state index contributed by atoms with van der Waals surface area (Å²) in [7, 11) is 0. The molecule has 1 aromatic heterocycles. The Labute approximate surface area is 157 Å². The van der Waals surface area contributed by atoms with E-state index in [9.17, 15) is 14.4 Å². The van der Waals surface area contributed by atoms with Crippen LogP contribution < -0.4 is 11.2 Å². The van der Waals surface area contributed by atoms with Crippen molar-refractivity contribution in [1.29, 1.82) is 0 Å². The highest BCUT2D eigenvalue weighted by molar-refractivity contribution is 5.79. The fourth-order valence-corrected chi connectivity index (χ4v) is 3.91. The van der Waals surface area contributed by atoms with Crippen LogP contribution in [0, 0.1) is 0 Å². The first kappa shape index (κ1) is 19.8. The number of nitrogens with zero attached hydrogens (tertiary/aromatic N) is 1. The SMILES string of the molecule is CC(C)OC1(C(=O)OCC2CCC(n3ccc(=O)[nH]c3=O)O2)CCCCC1. The third-order valence-electron chi connectivity index (χ3n) is 5.14. The van der Waals surface area contributed by atoms with Gasteiger partial charge in [-0.25, -0.2) is 9.59 Å². The molecule has 0 spiro atoms. The lowest BCUT2D eigenvalue weighted by molar-refractivity contribution is -0.187. The highest BCUT2D eigenvalue weighted by atomic mass is 16.6. The van der Waals surface area contributed by atoms with E-state index < -0.39 is 23.1 Å². The quantitative estimate of drug-likeness (QED) is 0.757. The van der Waals surface area contributed by atoms with Gasteiger partial charge in [0.25, 0.3) is 5.56 Å². The first-order chi connectivity index (χ1) is 12.9. The zero-order valence-corrected chi connectivity index (χ0v) is 15.9. The standard InChI is InChI=1S/C19H28N2O6/c1-13(2)27-19(9-4-3-5-10-19)17(23)25-12-14-6-7-16(26-14)21-11-8-15(22)20-18(21)24/h8,11,13-14,16H,3-7,9-10,12H2,1-2H3,(H,20,22,24). The van der Waals surface area contributed by atoms with E-state index in [-0.39, 0.29) is 24.8 Å². The van der Waals surface area contributed by atoms with Crippen LogP contribution in [0.15, 0.2) is 21.9 Å². The summed E-state index contributed by atoms with van der Waals surface area (Å²) in [5.74, 6) is -0.316. The van der Waals surface area contributed by atoms with Crippen LogP contribution in [0.3, 0.4) is 0 Å². The monoisotopic (exact) mass is 380 g/mol. The summed E-state index contributed by atoms with van der Waals surface area (Å²) in [6, 6.07) is 1.29. The molecule has 1 aliphatic heterocycles. The molecule has 0 bridgehead atoms. The number of aromatic nitrogens is 2. The molecule has 2 atom stereocenters. The summed E-state index contributed by atoms with van der Waals surface area (Å²) in [5, 5.41) is 0. The Balaban J connectivity index is 1.57. The normalized spacial score (nSPS) is 24.9. The second kappa shape index (κ2) is 8.39. The number of hydrogen-bond donors (Lipinski definition) is 1. The molecule has 0 amide bonds. The van der Waals surface area contributed by atoms with Crippen LogP contribution in [-0.2, 0) is 19.0 Å². The minimum Gasteiger partial charge on any atom is -0.461 e. The van der Waals surface area contributed by atoms with E-state index in [1.807, 2.05) is 13.8 Å². The maximum atomic E-state index is 12.8. The molecular weight excluding hydrogens is 352 g/mol. The zero-order valence-electron chi connectivity index (χ0n) is 15.9. The molecule has 8 heteroatoms. The highest BCUT2D eigenvalue weighted by Crippen LogP contribution is 2.34. The Kier molecular flexibility index (Phi) is 6.16. The van der Waals surface area contributed by atoms with E-state index in [1.54, 1.807) is 0 Å². The number of rotatable bonds is 6. The number of nitrogens with one attached hydrogen (secondary N) is 1. The van der Waals surface area contributed by atoms with Crippen LogP contribution >= 0.6 is 0 Å². The van der Waals surface area contributed by atoms with Crippen molar-refractivity contribution in [2.24, 2.45) is 0 Å². The van der Waals surface area contributed by atoms with Crippen LogP contribution in [0.4, 0.5) is 0 Å². The van der Waals surface area contributed by atoms with Gasteiger partial charge in [0.1, 0.15) is 12.8 Å². The molecule has 27 heavy (non-hydrogen) atoms. The molecular formula is C19H28N2O6. The van der Waals surface area contributed by atoms with Gasteiger partial charge in [-0.15, -0.1) is 0 Å². The van der Waals surface area contributed by atoms with Crippen LogP contribution in [0.1, 0.15) is 65.0 Å². The minimum absolute atomic E-state index is 0.0464. The Hall–Kier alpha value is -1.93. The van der Waals surface area contributed by atoms with Gasteiger partial charge in [0.2, 0.25) is 0 Å². The number of hydrogen-bond acceptors (Lipinski definition) is 6. The summed E-state index contributed by atoms with van der Waals surface area (Å²) >= 11 is 0. The summed E-state index contributed by atoms with van der Waals surface area (Å²) in [4.78, 5) is 38.0. The topological polar surface area (TPSA) is 99.6 Å². The fourth-order valence-electron chi connectivity index (χ4n) is 3.91. The lowest BCUT2D eigenvalue weighted by Crippen LogP contribution is -2.47. The molecule has 1 saturated carbocycles. The van der Waals surface area contributed by atoms with Gasteiger partial charge in [0.15, 0.2) is 5.60 Å². The Morgan fingerprint density at radius 1 is 1.30 bits per heavy atom. The summed E-state index contributed by atoms with van der Waals surface area (Å²) in [6.45, 7) is 3.99. The van der Waals surface area contributed by atoms with E-state index in [2.05, 4.69) is 4.98 Å². The number of aromatic amines is 1. The van der Waals surface area contributed by atoms with Crippen molar-refractivity contribution >= 4 is 5.97 Å². The molecule has 2 unspecified atom stereocenters. The molecule has 1 saturated heterocycles. The predicted octanol–water partition coefficient (Wildman–Crippen LogP) is 1.89. The highest BCUT2D eigenvalue weighted by Gasteiger charge is 2.43. The van der Waals surface area contributed by atoms with Crippen molar-refractivity contribution in [2.45, 2.75) is 82.8 Å². The van der Waals surface area contributed by atoms with Gasteiger partial charge < -0.3 is 14.2 Å². The first-order valence-electron chi connectivity index (χ1n) is 9.71. The van der Waals surface area contributed by atoms with E-state index in [0.717, 1.165) is 19.3 Å². The molecule has 3 rings (SSSR count). The first-order valence-corrected chi connectivity index (χ1v) is 9.71. The number of carbonyl (C=O) groups excluding carboxylic acids is 1. The van der Waals surface area contributed by atoms with Crippen LogP contribution in [0.2, 0.25) is 0 Å². The average molecular weight is 380 g/mol. The molecule has 8 nitrogen and oxygen atoms in total. The Morgan fingerprint density at radius 3 is 2.70 bits per heavy atom.